The van der Waals surface area contributed by atoms with E-state index in [9.17, 15) is 30.7 Å². The largest absolute Gasteiger partial charge is 0.548 e. The minimum Gasteiger partial charge on any atom is -0.548 e. The summed E-state index contributed by atoms with van der Waals surface area (Å²) in [5.74, 6) is -11.0. The third-order valence-corrected chi connectivity index (χ3v) is 4.66. The Morgan fingerprint density at radius 3 is 1.79 bits per heavy atom. The molecule has 0 bridgehead atoms. The van der Waals surface area contributed by atoms with Crippen molar-refractivity contribution in [3.63, 3.8) is 0 Å². The molecule has 0 amide bonds. The summed E-state index contributed by atoms with van der Waals surface area (Å²) in [5, 5.41) is 0. The second-order valence-electron chi connectivity index (χ2n) is 4.84. The Kier molecular flexibility index (Phi) is 5.13. The molecule has 0 aliphatic heterocycles. The van der Waals surface area contributed by atoms with Crippen molar-refractivity contribution in [2.45, 2.75) is 50.5 Å². The summed E-state index contributed by atoms with van der Waals surface area (Å²) in [4.78, 5) is 0. The summed E-state index contributed by atoms with van der Waals surface area (Å²) in [5.41, 5.74) is 0. The molecule has 0 radical (unpaired) electrons. The molecule has 1 nitrogen and oxygen atoms in total. The van der Waals surface area contributed by atoms with E-state index in [0.29, 0.717) is 0 Å². The second-order valence-corrected chi connectivity index (χ2v) is 9.06. The Morgan fingerprint density at radius 2 is 1.47 bits per heavy atom. The minimum absolute atomic E-state index is 0.211. The highest BCUT2D eigenvalue weighted by Gasteiger charge is 2.72. The van der Waals surface area contributed by atoms with E-state index in [-0.39, 0.29) is 5.76 Å². The molecule has 0 heterocycles. The predicted molar refractivity (Wildman–Crippen MR) is 58.8 cm³/mol. The molecule has 0 spiro atoms. The summed E-state index contributed by atoms with van der Waals surface area (Å²) in [7, 11) is -2.79. The van der Waals surface area contributed by atoms with Gasteiger partial charge in [-0.25, -0.2) is 0 Å². The topological polar surface area (TPSA) is 9.23 Å². The van der Waals surface area contributed by atoms with Crippen molar-refractivity contribution in [2.24, 2.45) is 0 Å². The van der Waals surface area contributed by atoms with Gasteiger partial charge in [-0.15, -0.1) is 0 Å². The lowest BCUT2D eigenvalue weighted by atomic mass is 10.1. The zero-order valence-corrected chi connectivity index (χ0v) is 11.7. The minimum atomic E-state index is -6.28. The molecule has 19 heavy (non-hydrogen) atoms. The second kappa shape index (κ2) is 5.33. The lowest BCUT2D eigenvalue weighted by Crippen LogP contribution is -2.52. The van der Waals surface area contributed by atoms with Gasteiger partial charge in [0.2, 0.25) is 8.32 Å². The summed E-state index contributed by atoms with van der Waals surface area (Å²) >= 11 is 0. The SMILES string of the molecule is C=C(C)O[Si](C)(C)CCC(F)(F)C(F)(F)C(F)(F)F. The highest BCUT2D eigenvalue weighted by molar-refractivity contribution is 6.71. The molecule has 0 fully saturated rings. The van der Waals surface area contributed by atoms with Gasteiger partial charge >= 0.3 is 18.0 Å². The van der Waals surface area contributed by atoms with Crippen LogP contribution < -0.4 is 0 Å². The van der Waals surface area contributed by atoms with Gasteiger partial charge in [0.15, 0.2) is 0 Å². The normalized spacial score (nSPS) is 14.4. The number of allylic oxidation sites excluding steroid dienone is 1. The van der Waals surface area contributed by atoms with Crippen molar-refractivity contribution in [3.8, 4) is 0 Å². The molecule has 0 aromatic heterocycles. The number of rotatable bonds is 6. The van der Waals surface area contributed by atoms with Crippen LogP contribution >= 0.6 is 0 Å². The van der Waals surface area contributed by atoms with Crippen molar-refractivity contribution >= 4 is 8.32 Å². The smallest absolute Gasteiger partial charge is 0.459 e. The molecule has 0 aromatic rings. The molecule has 0 unspecified atom stereocenters. The van der Waals surface area contributed by atoms with Crippen LogP contribution in [0.1, 0.15) is 13.3 Å². The van der Waals surface area contributed by atoms with Crippen molar-refractivity contribution in [2.75, 3.05) is 0 Å². The van der Waals surface area contributed by atoms with Crippen LogP contribution in [0.2, 0.25) is 19.1 Å². The molecule has 0 aromatic carbocycles. The van der Waals surface area contributed by atoms with Gasteiger partial charge in [-0.3, -0.25) is 0 Å². The number of hydrogen-bond acceptors (Lipinski definition) is 1. The molecule has 114 valence electrons. The number of hydrogen-bond donors (Lipinski definition) is 0. The fourth-order valence-corrected chi connectivity index (χ4v) is 3.31. The van der Waals surface area contributed by atoms with E-state index >= 15 is 0 Å². The first-order valence-corrected chi connectivity index (χ1v) is 8.41. The third-order valence-electron chi connectivity index (χ3n) is 2.31. The fraction of sp³-hybridized carbons (Fsp3) is 0.800. The highest BCUT2D eigenvalue weighted by atomic mass is 28.4. The van der Waals surface area contributed by atoms with Crippen molar-refractivity contribution in [1.82, 2.24) is 0 Å². The van der Waals surface area contributed by atoms with E-state index in [4.69, 9.17) is 4.43 Å². The summed E-state index contributed by atoms with van der Waals surface area (Å²) in [6.45, 7) is 7.68. The van der Waals surface area contributed by atoms with Gasteiger partial charge in [-0.1, -0.05) is 6.58 Å². The lowest BCUT2D eigenvalue weighted by Gasteiger charge is -2.31. The Morgan fingerprint density at radius 1 is 1.05 bits per heavy atom. The van der Waals surface area contributed by atoms with E-state index < -0.39 is 38.8 Å². The fourth-order valence-electron chi connectivity index (χ4n) is 1.35. The van der Waals surface area contributed by atoms with Crippen molar-refractivity contribution < 1.29 is 35.2 Å². The zero-order valence-electron chi connectivity index (χ0n) is 10.7. The molecule has 0 aliphatic rings. The van der Waals surface area contributed by atoms with Crippen LogP contribution in [0.4, 0.5) is 30.7 Å². The molecule has 0 atom stereocenters. The first-order chi connectivity index (χ1) is 8.12. The van der Waals surface area contributed by atoms with E-state index in [1.807, 2.05) is 0 Å². The van der Waals surface area contributed by atoms with Crippen LogP contribution in [-0.2, 0) is 4.43 Å². The van der Waals surface area contributed by atoms with E-state index in [2.05, 4.69) is 6.58 Å². The van der Waals surface area contributed by atoms with Crippen LogP contribution in [0.15, 0.2) is 12.3 Å². The van der Waals surface area contributed by atoms with Gasteiger partial charge in [-0.05, 0) is 26.1 Å². The maximum absolute atomic E-state index is 13.0. The quantitative estimate of drug-likeness (QED) is 0.382. The standard InChI is InChI=1S/C10H15F7OSi/c1-7(2)18-19(3,4)6-5-8(11,12)9(13,14)10(15,16)17/h1,5-6H2,2-4H3. The molecule has 0 rings (SSSR count). The van der Waals surface area contributed by atoms with Gasteiger partial charge in [0.1, 0.15) is 0 Å². The number of halogens is 7. The molecular formula is C10H15F7OSi. The molecule has 0 aliphatic carbocycles. The maximum Gasteiger partial charge on any atom is 0.459 e. The average Bonchev–Trinajstić information content (AvgIpc) is 2.11. The molecule has 9 heteroatoms. The average molecular weight is 312 g/mol. The lowest BCUT2D eigenvalue weighted by molar-refractivity contribution is -0.354. The first-order valence-electron chi connectivity index (χ1n) is 5.29. The Balaban J connectivity index is 4.85. The predicted octanol–water partition coefficient (Wildman–Crippen LogP) is 4.96. The van der Waals surface area contributed by atoms with Crippen molar-refractivity contribution in [3.05, 3.63) is 12.3 Å². The van der Waals surface area contributed by atoms with Gasteiger partial charge in [0.25, 0.3) is 0 Å². The molecular weight excluding hydrogens is 297 g/mol. The molecule has 0 saturated carbocycles. The molecule has 0 N–H and O–H groups in total. The Bertz CT molecular complexity index is 335. The van der Waals surface area contributed by atoms with Crippen LogP contribution in [0.3, 0.4) is 0 Å². The highest BCUT2D eigenvalue weighted by Crippen LogP contribution is 2.49. The molecule has 0 saturated heterocycles. The summed E-state index contributed by atoms with van der Waals surface area (Å²) in [6.07, 6.45) is -7.87. The van der Waals surface area contributed by atoms with Gasteiger partial charge < -0.3 is 4.43 Å². The van der Waals surface area contributed by atoms with Gasteiger partial charge in [0.05, 0.1) is 5.76 Å². The van der Waals surface area contributed by atoms with E-state index in [0.717, 1.165) is 0 Å². The monoisotopic (exact) mass is 312 g/mol. The first kappa shape index (κ1) is 18.3. The van der Waals surface area contributed by atoms with E-state index in [1.165, 1.54) is 20.0 Å². The third kappa shape index (κ3) is 4.70. The Hall–Kier alpha value is -0.733. The van der Waals surface area contributed by atoms with Crippen LogP contribution in [0.25, 0.3) is 0 Å². The number of alkyl halides is 7. The van der Waals surface area contributed by atoms with Crippen molar-refractivity contribution in [1.29, 1.82) is 0 Å². The van der Waals surface area contributed by atoms with Crippen LogP contribution in [-0.4, -0.2) is 26.3 Å². The zero-order chi connectivity index (χ0) is 15.7. The van der Waals surface area contributed by atoms with Gasteiger partial charge in [0, 0.05) is 6.42 Å². The Labute approximate surface area is 107 Å². The summed E-state index contributed by atoms with van der Waals surface area (Å²) in [6, 6.07) is -0.543. The maximum atomic E-state index is 13.0. The van der Waals surface area contributed by atoms with Crippen LogP contribution in [0, 0.1) is 0 Å². The van der Waals surface area contributed by atoms with Crippen LogP contribution in [0.5, 0.6) is 0 Å². The van der Waals surface area contributed by atoms with E-state index in [1.54, 1.807) is 0 Å². The van der Waals surface area contributed by atoms with Gasteiger partial charge in [-0.2, -0.15) is 30.7 Å². The summed E-state index contributed by atoms with van der Waals surface area (Å²) < 4.78 is 92.1.